The normalized spacial score (nSPS) is 14.2. The summed E-state index contributed by atoms with van der Waals surface area (Å²) < 4.78 is 11.3. The molecule has 0 aliphatic heterocycles. The highest BCUT2D eigenvalue weighted by atomic mass is 32.2. The molecule has 3 N–H and O–H groups in total. The van der Waals surface area contributed by atoms with Crippen molar-refractivity contribution in [2.45, 2.75) is 25.5 Å². The number of fused-ring (bicyclic) bond motifs is 1. The minimum Gasteiger partial charge on any atom is -0.369 e. The molecule has 0 fully saturated rings. The number of nitrogens with one attached hydrogen (secondary N) is 3. The van der Waals surface area contributed by atoms with E-state index in [1.807, 2.05) is 13.8 Å². The highest BCUT2D eigenvalue weighted by molar-refractivity contribution is 7.84. The van der Waals surface area contributed by atoms with Gasteiger partial charge in [-0.2, -0.15) is 15.1 Å². The first kappa shape index (κ1) is 14.7. The number of hydrogen-bond donors (Lipinski definition) is 3. The molecule has 2 heterocycles. The Hall–Kier alpha value is -1.70. The van der Waals surface area contributed by atoms with Crippen molar-refractivity contribution in [3.8, 4) is 0 Å². The van der Waals surface area contributed by atoms with E-state index >= 15 is 0 Å². The van der Waals surface area contributed by atoms with Crippen molar-refractivity contribution in [2.24, 2.45) is 0 Å². The molecule has 0 aromatic carbocycles. The lowest BCUT2D eigenvalue weighted by molar-refractivity contribution is 0.672. The summed E-state index contributed by atoms with van der Waals surface area (Å²) in [6.45, 7) is 5.44. The molecule has 0 saturated carbocycles. The molecule has 0 bridgehead atoms. The number of anilines is 2. The summed E-state index contributed by atoms with van der Waals surface area (Å²) in [5.41, 5.74) is 0.700. The smallest absolute Gasteiger partial charge is 0.226 e. The zero-order valence-electron chi connectivity index (χ0n) is 11.9. The first-order chi connectivity index (χ1) is 9.61. The van der Waals surface area contributed by atoms with Crippen LogP contribution >= 0.6 is 0 Å². The fourth-order valence-electron chi connectivity index (χ4n) is 1.77. The van der Waals surface area contributed by atoms with Gasteiger partial charge in [0.25, 0.3) is 0 Å². The Morgan fingerprint density at radius 2 is 2.20 bits per heavy atom. The van der Waals surface area contributed by atoms with E-state index in [2.05, 4.69) is 30.8 Å². The average Bonchev–Trinajstić information content (AvgIpc) is 2.87. The highest BCUT2D eigenvalue weighted by Gasteiger charge is 2.10. The Kier molecular flexibility index (Phi) is 4.89. The fourth-order valence-corrected chi connectivity index (χ4v) is 2.22. The van der Waals surface area contributed by atoms with Gasteiger partial charge in [0.05, 0.1) is 11.6 Å². The van der Waals surface area contributed by atoms with Crippen molar-refractivity contribution in [1.29, 1.82) is 0 Å². The molecule has 2 atom stereocenters. The summed E-state index contributed by atoms with van der Waals surface area (Å²) >= 11 is 0. The molecule has 110 valence electrons. The van der Waals surface area contributed by atoms with Crippen LogP contribution in [-0.4, -0.2) is 49.0 Å². The van der Waals surface area contributed by atoms with E-state index < -0.39 is 10.8 Å². The molecule has 2 aromatic rings. The van der Waals surface area contributed by atoms with Crippen molar-refractivity contribution in [2.75, 3.05) is 30.0 Å². The highest BCUT2D eigenvalue weighted by Crippen LogP contribution is 2.19. The van der Waals surface area contributed by atoms with Crippen LogP contribution in [0.2, 0.25) is 0 Å². The summed E-state index contributed by atoms with van der Waals surface area (Å²) in [6, 6.07) is 0. The van der Waals surface area contributed by atoms with Crippen LogP contribution in [0.1, 0.15) is 20.3 Å². The van der Waals surface area contributed by atoms with Crippen LogP contribution in [0.3, 0.4) is 0 Å². The molecule has 0 amide bonds. The molecule has 2 unspecified atom stereocenters. The maximum atomic E-state index is 11.3. The summed E-state index contributed by atoms with van der Waals surface area (Å²) in [5, 5.41) is 14.2. The third kappa shape index (κ3) is 3.44. The van der Waals surface area contributed by atoms with Gasteiger partial charge < -0.3 is 10.6 Å². The van der Waals surface area contributed by atoms with Gasteiger partial charge in [-0.05, 0) is 13.3 Å². The number of nitrogens with zero attached hydrogens (tertiary/aromatic N) is 3. The zero-order valence-corrected chi connectivity index (χ0v) is 12.8. The largest absolute Gasteiger partial charge is 0.369 e. The molecule has 0 saturated heterocycles. The van der Waals surface area contributed by atoms with E-state index in [-0.39, 0.29) is 5.25 Å². The summed E-state index contributed by atoms with van der Waals surface area (Å²) in [7, 11) is -0.799. The van der Waals surface area contributed by atoms with Gasteiger partial charge in [0, 0.05) is 35.4 Å². The standard InChI is InChI=1S/C12H20N6OS/c1-4-13-12-16-10(9-7-15-18-11(9)17-12)14-6-5-8(2)20(3)19/h7-8H,4-6H2,1-3H3,(H3,13,14,15,16,17,18). The van der Waals surface area contributed by atoms with Crippen molar-refractivity contribution >= 4 is 33.6 Å². The van der Waals surface area contributed by atoms with Gasteiger partial charge in [-0.15, -0.1) is 0 Å². The first-order valence-corrected chi connectivity index (χ1v) is 8.25. The molecule has 0 aliphatic carbocycles. The van der Waals surface area contributed by atoms with Crippen LogP contribution in [0.15, 0.2) is 6.20 Å². The Morgan fingerprint density at radius 3 is 2.90 bits per heavy atom. The second-order valence-electron chi connectivity index (χ2n) is 4.58. The Labute approximate surface area is 120 Å². The molecular formula is C12H20N6OS. The van der Waals surface area contributed by atoms with Crippen molar-refractivity contribution < 1.29 is 4.21 Å². The van der Waals surface area contributed by atoms with Gasteiger partial charge >= 0.3 is 0 Å². The van der Waals surface area contributed by atoms with Gasteiger partial charge in [-0.3, -0.25) is 9.31 Å². The number of aromatic nitrogens is 4. The van der Waals surface area contributed by atoms with Gasteiger partial charge in [0.2, 0.25) is 5.95 Å². The second-order valence-corrected chi connectivity index (χ2v) is 6.39. The van der Waals surface area contributed by atoms with Crippen LogP contribution in [0.4, 0.5) is 11.8 Å². The SMILES string of the molecule is CCNc1nc(NCCC(C)S(C)=O)c2cn[nH]c2n1. The molecule has 0 aliphatic rings. The minimum atomic E-state index is -0.799. The number of rotatable bonds is 7. The topological polar surface area (TPSA) is 95.6 Å². The third-order valence-electron chi connectivity index (χ3n) is 3.05. The predicted octanol–water partition coefficient (Wildman–Crippen LogP) is 1.35. The van der Waals surface area contributed by atoms with E-state index in [4.69, 9.17) is 0 Å². The fraction of sp³-hybridized carbons (Fsp3) is 0.583. The number of aromatic amines is 1. The van der Waals surface area contributed by atoms with E-state index in [9.17, 15) is 4.21 Å². The van der Waals surface area contributed by atoms with E-state index in [0.29, 0.717) is 18.1 Å². The number of H-pyrrole nitrogens is 1. The first-order valence-electron chi connectivity index (χ1n) is 6.63. The molecule has 2 aromatic heterocycles. The number of hydrogen-bond acceptors (Lipinski definition) is 6. The molecule has 20 heavy (non-hydrogen) atoms. The van der Waals surface area contributed by atoms with Crippen molar-refractivity contribution in [3.63, 3.8) is 0 Å². The van der Waals surface area contributed by atoms with Gasteiger partial charge in [0.15, 0.2) is 5.65 Å². The Balaban J connectivity index is 2.11. The average molecular weight is 296 g/mol. The van der Waals surface area contributed by atoms with Crippen LogP contribution in [-0.2, 0) is 10.8 Å². The molecule has 0 spiro atoms. The second kappa shape index (κ2) is 6.65. The summed E-state index contributed by atoms with van der Waals surface area (Å²) in [5.74, 6) is 1.31. The molecule has 7 nitrogen and oxygen atoms in total. The maximum Gasteiger partial charge on any atom is 0.226 e. The van der Waals surface area contributed by atoms with E-state index in [1.165, 1.54) is 0 Å². The van der Waals surface area contributed by atoms with Gasteiger partial charge in [-0.25, -0.2) is 0 Å². The Bertz CT molecular complexity index is 599. The molecule has 2 rings (SSSR count). The zero-order chi connectivity index (χ0) is 14.5. The van der Waals surface area contributed by atoms with Crippen LogP contribution in [0.5, 0.6) is 0 Å². The van der Waals surface area contributed by atoms with Crippen LogP contribution < -0.4 is 10.6 Å². The predicted molar refractivity (Wildman–Crippen MR) is 82.5 cm³/mol. The van der Waals surface area contributed by atoms with Gasteiger partial charge in [0.1, 0.15) is 5.82 Å². The molecule has 0 radical (unpaired) electrons. The van der Waals surface area contributed by atoms with Crippen LogP contribution in [0, 0.1) is 0 Å². The lowest BCUT2D eigenvalue weighted by Crippen LogP contribution is -2.16. The lowest BCUT2D eigenvalue weighted by atomic mass is 10.3. The van der Waals surface area contributed by atoms with Crippen molar-refractivity contribution in [3.05, 3.63) is 6.20 Å². The van der Waals surface area contributed by atoms with E-state index in [1.54, 1.807) is 12.5 Å². The van der Waals surface area contributed by atoms with Crippen LogP contribution in [0.25, 0.3) is 11.0 Å². The van der Waals surface area contributed by atoms with E-state index in [0.717, 1.165) is 24.2 Å². The molecular weight excluding hydrogens is 276 g/mol. The lowest BCUT2D eigenvalue weighted by Gasteiger charge is -2.11. The maximum absolute atomic E-state index is 11.3. The summed E-state index contributed by atoms with van der Waals surface area (Å²) in [4.78, 5) is 8.76. The monoisotopic (exact) mass is 296 g/mol. The molecule has 8 heteroatoms. The Morgan fingerprint density at radius 1 is 1.40 bits per heavy atom. The third-order valence-corrected chi connectivity index (χ3v) is 4.42. The quantitative estimate of drug-likeness (QED) is 0.714. The minimum absolute atomic E-state index is 0.164. The van der Waals surface area contributed by atoms with Gasteiger partial charge in [-0.1, -0.05) is 6.92 Å². The van der Waals surface area contributed by atoms with Crippen molar-refractivity contribution in [1.82, 2.24) is 20.2 Å². The summed E-state index contributed by atoms with van der Waals surface area (Å²) in [6.07, 6.45) is 4.25.